The van der Waals surface area contributed by atoms with Gasteiger partial charge in [-0.3, -0.25) is 4.79 Å². The molecule has 0 heterocycles. The number of carbonyl (C=O) groups is 4. The van der Waals surface area contributed by atoms with E-state index >= 15 is 0 Å². The van der Waals surface area contributed by atoms with Crippen LogP contribution in [-0.4, -0.2) is 58.6 Å². The molecule has 0 saturated heterocycles. The van der Waals surface area contributed by atoms with E-state index in [1.807, 2.05) is 5.32 Å². The minimum absolute atomic E-state index is 0.109. The van der Waals surface area contributed by atoms with Gasteiger partial charge in [-0.15, -0.1) is 0 Å². The van der Waals surface area contributed by atoms with Gasteiger partial charge in [0.25, 0.3) is 0 Å². The van der Waals surface area contributed by atoms with Gasteiger partial charge >= 0.3 is 12.1 Å². The molecule has 102 valence electrons. The zero-order chi connectivity index (χ0) is 14.0. The molecule has 8 nitrogen and oxygen atoms in total. The van der Waals surface area contributed by atoms with Crippen molar-refractivity contribution >= 4 is 46.3 Å². The maximum Gasteiger partial charge on any atom is 0.405 e. The first-order valence-electron chi connectivity index (χ1n) is 4.63. The van der Waals surface area contributed by atoms with Gasteiger partial charge in [0.05, 0.1) is 6.04 Å². The molecule has 4 N–H and O–H groups in total. The Hall–Kier alpha value is -1.42. The molecule has 0 radical (unpaired) electrons. The van der Waals surface area contributed by atoms with E-state index in [0.29, 0.717) is 12.7 Å². The molecule has 2 atom stereocenters. The highest BCUT2D eigenvalue weighted by molar-refractivity contribution is 8.76. The molecule has 2 unspecified atom stereocenters. The number of rotatable bonds is 10. The van der Waals surface area contributed by atoms with Crippen molar-refractivity contribution in [2.75, 3.05) is 11.5 Å². The first kappa shape index (κ1) is 16.6. The topological polar surface area (TPSA) is 133 Å². The SMILES string of the molecule is O=CNC(CSSCC(C=O)NC(=O)O)C(=O)O. The summed E-state index contributed by atoms with van der Waals surface area (Å²) in [6.45, 7) is 0. The van der Waals surface area contributed by atoms with Gasteiger partial charge in [0, 0.05) is 11.5 Å². The van der Waals surface area contributed by atoms with Crippen molar-refractivity contribution in [3.8, 4) is 0 Å². The van der Waals surface area contributed by atoms with Crippen molar-refractivity contribution in [1.29, 1.82) is 0 Å². The van der Waals surface area contributed by atoms with Crippen molar-refractivity contribution in [3.63, 3.8) is 0 Å². The molecular formula is C8H12N2O6S2. The highest BCUT2D eigenvalue weighted by Crippen LogP contribution is 2.22. The number of amides is 2. The minimum Gasteiger partial charge on any atom is -0.480 e. The Morgan fingerprint density at radius 2 is 1.78 bits per heavy atom. The number of carbonyl (C=O) groups excluding carboxylic acids is 2. The summed E-state index contributed by atoms with van der Waals surface area (Å²) < 4.78 is 0. The quantitative estimate of drug-likeness (QED) is 0.239. The molecule has 0 aromatic rings. The molecule has 0 rings (SSSR count). The Kier molecular flexibility index (Phi) is 8.84. The minimum atomic E-state index is -1.30. The molecule has 2 amide bonds. The fourth-order valence-corrected chi connectivity index (χ4v) is 3.09. The van der Waals surface area contributed by atoms with Crippen LogP contribution in [0.3, 0.4) is 0 Å². The number of nitrogens with one attached hydrogen (secondary N) is 2. The van der Waals surface area contributed by atoms with Crippen LogP contribution in [0.2, 0.25) is 0 Å². The van der Waals surface area contributed by atoms with Crippen LogP contribution in [0.1, 0.15) is 0 Å². The molecular weight excluding hydrogens is 284 g/mol. The van der Waals surface area contributed by atoms with E-state index in [0.717, 1.165) is 21.6 Å². The van der Waals surface area contributed by atoms with Crippen molar-refractivity contribution in [2.24, 2.45) is 0 Å². The Morgan fingerprint density at radius 1 is 1.17 bits per heavy atom. The molecule has 0 aromatic heterocycles. The second-order valence-corrected chi connectivity index (χ2v) is 5.49. The van der Waals surface area contributed by atoms with Crippen molar-refractivity contribution in [1.82, 2.24) is 10.6 Å². The fourth-order valence-electron chi connectivity index (χ4n) is 0.784. The van der Waals surface area contributed by atoms with E-state index in [1.165, 1.54) is 0 Å². The lowest BCUT2D eigenvalue weighted by Crippen LogP contribution is -2.38. The third kappa shape index (κ3) is 7.79. The Labute approximate surface area is 110 Å². The van der Waals surface area contributed by atoms with Crippen LogP contribution in [0.25, 0.3) is 0 Å². The highest BCUT2D eigenvalue weighted by atomic mass is 33.1. The summed E-state index contributed by atoms with van der Waals surface area (Å²) in [5, 5.41) is 21.2. The summed E-state index contributed by atoms with van der Waals surface area (Å²) in [5.74, 6) is -0.878. The standard InChI is InChI=1S/C8H12N2O6S2/c11-1-5(10-8(15)16)2-17-18-3-6(7(13)14)9-4-12/h1,4-6,10H,2-3H2,(H,9,12)(H,13,14)(H,15,16). The van der Waals surface area contributed by atoms with E-state index in [2.05, 4.69) is 5.32 Å². The summed E-state index contributed by atoms with van der Waals surface area (Å²) >= 11 is 0. The average molecular weight is 296 g/mol. The summed E-state index contributed by atoms with van der Waals surface area (Å²) in [5.41, 5.74) is 0. The van der Waals surface area contributed by atoms with Gasteiger partial charge in [-0.2, -0.15) is 0 Å². The van der Waals surface area contributed by atoms with Crippen molar-refractivity contribution < 1.29 is 29.4 Å². The van der Waals surface area contributed by atoms with E-state index in [4.69, 9.17) is 10.2 Å². The first-order valence-corrected chi connectivity index (χ1v) is 7.11. The highest BCUT2D eigenvalue weighted by Gasteiger charge is 2.17. The van der Waals surface area contributed by atoms with E-state index in [9.17, 15) is 19.2 Å². The van der Waals surface area contributed by atoms with Crippen LogP contribution in [0.4, 0.5) is 4.79 Å². The molecule has 0 aromatic carbocycles. The fraction of sp³-hybridized carbons (Fsp3) is 0.500. The molecule has 0 bridgehead atoms. The van der Waals surface area contributed by atoms with E-state index < -0.39 is 24.1 Å². The van der Waals surface area contributed by atoms with E-state index in [1.54, 1.807) is 0 Å². The predicted octanol–water partition coefficient (Wildman–Crippen LogP) is -0.598. The van der Waals surface area contributed by atoms with Crippen LogP contribution in [0.5, 0.6) is 0 Å². The summed E-state index contributed by atoms with van der Waals surface area (Å²) in [6, 6.07) is -1.86. The normalized spacial score (nSPS) is 13.1. The van der Waals surface area contributed by atoms with Crippen LogP contribution < -0.4 is 10.6 Å². The number of carboxylic acids is 1. The molecule has 0 aliphatic heterocycles. The largest absolute Gasteiger partial charge is 0.480 e. The summed E-state index contributed by atoms with van der Waals surface area (Å²) in [7, 11) is 2.26. The molecule has 0 aliphatic rings. The number of hydrogen-bond donors (Lipinski definition) is 4. The summed E-state index contributed by atoms with van der Waals surface area (Å²) in [4.78, 5) is 41.5. The monoisotopic (exact) mass is 296 g/mol. The zero-order valence-electron chi connectivity index (χ0n) is 9.07. The third-order valence-corrected chi connectivity index (χ3v) is 4.05. The molecule has 0 aliphatic carbocycles. The van der Waals surface area contributed by atoms with Gasteiger partial charge in [-0.05, 0) is 0 Å². The predicted molar refractivity (Wildman–Crippen MR) is 66.6 cm³/mol. The lowest BCUT2D eigenvalue weighted by Gasteiger charge is -2.11. The van der Waals surface area contributed by atoms with Crippen LogP contribution in [0.15, 0.2) is 0 Å². The summed E-state index contributed by atoms with van der Waals surface area (Å²) in [6.07, 6.45) is -0.548. The van der Waals surface area contributed by atoms with Gasteiger partial charge in [-0.25, -0.2) is 9.59 Å². The maximum absolute atomic E-state index is 10.6. The second kappa shape index (κ2) is 9.59. The number of aldehydes is 1. The number of carboxylic acid groups (broad SMARTS) is 2. The molecule has 0 spiro atoms. The van der Waals surface area contributed by atoms with Crippen LogP contribution in [0, 0.1) is 0 Å². The van der Waals surface area contributed by atoms with Gasteiger partial charge in [0.2, 0.25) is 6.41 Å². The smallest absolute Gasteiger partial charge is 0.405 e. The Morgan fingerprint density at radius 3 is 2.22 bits per heavy atom. The van der Waals surface area contributed by atoms with Crippen LogP contribution >= 0.6 is 21.6 Å². The molecule has 0 saturated carbocycles. The van der Waals surface area contributed by atoms with Gasteiger partial charge in [-0.1, -0.05) is 21.6 Å². The van der Waals surface area contributed by atoms with Crippen molar-refractivity contribution in [2.45, 2.75) is 12.1 Å². The van der Waals surface area contributed by atoms with Gasteiger partial charge in [0.15, 0.2) is 0 Å². The van der Waals surface area contributed by atoms with Crippen LogP contribution in [-0.2, 0) is 14.4 Å². The van der Waals surface area contributed by atoms with E-state index in [-0.39, 0.29) is 11.5 Å². The maximum atomic E-state index is 10.6. The second-order valence-electron chi connectivity index (χ2n) is 2.94. The lowest BCUT2D eigenvalue weighted by atomic mass is 10.3. The third-order valence-electron chi connectivity index (χ3n) is 1.61. The van der Waals surface area contributed by atoms with Gasteiger partial charge in [0.1, 0.15) is 12.3 Å². The number of aliphatic carboxylic acids is 1. The molecule has 18 heavy (non-hydrogen) atoms. The zero-order valence-corrected chi connectivity index (χ0v) is 10.7. The first-order chi connectivity index (χ1) is 8.51. The number of hydrogen-bond acceptors (Lipinski definition) is 6. The molecule has 0 fully saturated rings. The lowest BCUT2D eigenvalue weighted by molar-refractivity contribution is -0.139. The van der Waals surface area contributed by atoms with Gasteiger partial charge < -0.3 is 25.6 Å². The van der Waals surface area contributed by atoms with Crippen molar-refractivity contribution in [3.05, 3.63) is 0 Å². The Balaban J connectivity index is 3.88. The molecule has 10 heteroatoms. The average Bonchev–Trinajstić information content (AvgIpc) is 2.30. The Bertz CT molecular complexity index is 314.